The number of halogens is 1. The van der Waals surface area contributed by atoms with Crippen molar-refractivity contribution in [2.75, 3.05) is 19.0 Å². The molecule has 0 aliphatic carbocycles. The van der Waals surface area contributed by atoms with Crippen LogP contribution in [0.15, 0.2) is 22.6 Å². The number of hydrogen-bond donors (Lipinski definition) is 1. The van der Waals surface area contributed by atoms with E-state index < -0.39 is 0 Å². The first-order valence-electron chi connectivity index (χ1n) is 6.17. The predicted molar refractivity (Wildman–Crippen MR) is 75.4 cm³/mol. The van der Waals surface area contributed by atoms with Crippen molar-refractivity contribution in [1.82, 2.24) is 10.3 Å². The fourth-order valence-electron chi connectivity index (χ4n) is 2.03. The van der Waals surface area contributed by atoms with E-state index in [0.29, 0.717) is 11.8 Å². The molecular formula is C14H19ClN2O. The Morgan fingerprint density at radius 2 is 2.17 bits per heavy atom. The normalized spacial score (nSPS) is 12.2. The molecule has 0 bridgehead atoms. The first-order chi connectivity index (χ1) is 8.53. The van der Waals surface area contributed by atoms with Crippen LogP contribution in [0.3, 0.4) is 0 Å². The third-order valence-corrected chi connectivity index (χ3v) is 3.30. The number of hydrogen-bond acceptors (Lipinski definition) is 3. The molecule has 0 unspecified atom stereocenters. The lowest BCUT2D eigenvalue weighted by atomic mass is 9.84. The molecule has 1 N–H and O–H groups in total. The average molecular weight is 267 g/mol. The van der Waals surface area contributed by atoms with Gasteiger partial charge in [0.15, 0.2) is 11.5 Å². The number of benzene rings is 1. The summed E-state index contributed by atoms with van der Waals surface area (Å²) >= 11 is 5.67. The molecule has 0 saturated heterocycles. The van der Waals surface area contributed by atoms with Crippen molar-refractivity contribution in [1.29, 1.82) is 0 Å². The highest BCUT2D eigenvalue weighted by atomic mass is 35.5. The molecule has 0 aliphatic heterocycles. The van der Waals surface area contributed by atoms with Crippen LogP contribution in [0.1, 0.15) is 25.3 Å². The molecule has 2 rings (SSSR count). The zero-order valence-electron chi connectivity index (χ0n) is 11.1. The van der Waals surface area contributed by atoms with Crippen molar-refractivity contribution in [3.8, 4) is 0 Å². The molecule has 0 atom stereocenters. The summed E-state index contributed by atoms with van der Waals surface area (Å²) in [5.41, 5.74) is 3.08. The number of nitrogens with one attached hydrogen (secondary N) is 1. The van der Waals surface area contributed by atoms with Gasteiger partial charge in [0.2, 0.25) is 0 Å². The maximum absolute atomic E-state index is 5.67. The van der Waals surface area contributed by atoms with Crippen molar-refractivity contribution in [3.05, 3.63) is 29.7 Å². The minimum absolute atomic E-state index is 0.0487. The van der Waals surface area contributed by atoms with Crippen LogP contribution < -0.4 is 5.32 Å². The van der Waals surface area contributed by atoms with Crippen LogP contribution in [0.25, 0.3) is 11.1 Å². The highest BCUT2D eigenvalue weighted by Gasteiger charge is 2.21. The number of oxazole rings is 1. The summed E-state index contributed by atoms with van der Waals surface area (Å²) in [5, 5.41) is 3.35. The number of alkyl halides is 1. The lowest BCUT2D eigenvalue weighted by Gasteiger charge is -2.25. The van der Waals surface area contributed by atoms with Gasteiger partial charge in [0.25, 0.3) is 0 Å². The monoisotopic (exact) mass is 266 g/mol. The Hall–Kier alpha value is -1.06. The van der Waals surface area contributed by atoms with E-state index in [9.17, 15) is 0 Å². The summed E-state index contributed by atoms with van der Waals surface area (Å²) in [4.78, 5) is 4.38. The SMILES string of the molecule is Cc1nc2cc(C(C)(C)CNCCCl)ccc2o1. The fraction of sp³-hybridized carbons (Fsp3) is 0.500. The highest BCUT2D eigenvalue weighted by molar-refractivity contribution is 6.18. The van der Waals surface area contributed by atoms with E-state index in [1.807, 2.05) is 13.0 Å². The van der Waals surface area contributed by atoms with Gasteiger partial charge in [-0.25, -0.2) is 4.98 Å². The van der Waals surface area contributed by atoms with E-state index in [4.69, 9.17) is 16.0 Å². The number of aromatic nitrogens is 1. The quantitative estimate of drug-likeness (QED) is 0.667. The van der Waals surface area contributed by atoms with Crippen molar-refractivity contribution < 1.29 is 4.42 Å². The molecule has 18 heavy (non-hydrogen) atoms. The fourth-order valence-corrected chi connectivity index (χ4v) is 2.17. The lowest BCUT2D eigenvalue weighted by Crippen LogP contribution is -2.33. The summed E-state index contributed by atoms with van der Waals surface area (Å²) in [7, 11) is 0. The van der Waals surface area contributed by atoms with Gasteiger partial charge >= 0.3 is 0 Å². The number of rotatable bonds is 5. The van der Waals surface area contributed by atoms with E-state index in [-0.39, 0.29) is 5.41 Å². The molecule has 98 valence electrons. The van der Waals surface area contributed by atoms with Gasteiger partial charge in [-0.05, 0) is 17.7 Å². The van der Waals surface area contributed by atoms with Crippen LogP contribution in [0.2, 0.25) is 0 Å². The molecule has 3 nitrogen and oxygen atoms in total. The molecule has 0 spiro atoms. The van der Waals surface area contributed by atoms with Crippen LogP contribution in [-0.2, 0) is 5.41 Å². The molecule has 1 heterocycles. The zero-order valence-corrected chi connectivity index (χ0v) is 11.8. The highest BCUT2D eigenvalue weighted by Crippen LogP contribution is 2.26. The van der Waals surface area contributed by atoms with Gasteiger partial charge in [0.1, 0.15) is 5.52 Å². The first kappa shape index (κ1) is 13.4. The topological polar surface area (TPSA) is 38.1 Å². The molecule has 4 heteroatoms. The average Bonchev–Trinajstić information content (AvgIpc) is 2.68. The summed E-state index contributed by atoms with van der Waals surface area (Å²) < 4.78 is 5.49. The third kappa shape index (κ3) is 2.85. The Balaban J connectivity index is 2.23. The Labute approximate surface area is 113 Å². The van der Waals surface area contributed by atoms with Gasteiger partial charge in [0.05, 0.1) is 0 Å². The largest absolute Gasteiger partial charge is 0.441 e. The van der Waals surface area contributed by atoms with Gasteiger partial charge in [-0.2, -0.15) is 0 Å². The Kier molecular flexibility index (Phi) is 3.93. The molecule has 1 aromatic heterocycles. The Bertz CT molecular complexity index is 534. The standard InChI is InChI=1S/C14H19ClN2O/c1-10-17-12-8-11(4-5-13(12)18-10)14(2,3)9-16-7-6-15/h4-5,8,16H,6-7,9H2,1-3H3. The molecule has 1 aromatic carbocycles. The minimum Gasteiger partial charge on any atom is -0.441 e. The van der Waals surface area contributed by atoms with E-state index in [2.05, 4.69) is 36.3 Å². The second kappa shape index (κ2) is 5.29. The Morgan fingerprint density at radius 3 is 2.89 bits per heavy atom. The maximum atomic E-state index is 5.67. The van der Waals surface area contributed by atoms with E-state index >= 15 is 0 Å². The molecule has 0 radical (unpaired) electrons. The number of nitrogens with zero attached hydrogens (tertiary/aromatic N) is 1. The molecule has 0 aliphatic rings. The number of fused-ring (bicyclic) bond motifs is 1. The molecule has 2 aromatic rings. The zero-order chi connectivity index (χ0) is 13.2. The van der Waals surface area contributed by atoms with Gasteiger partial charge in [-0.15, -0.1) is 11.6 Å². The van der Waals surface area contributed by atoms with Gasteiger partial charge in [-0.1, -0.05) is 19.9 Å². The van der Waals surface area contributed by atoms with E-state index in [1.54, 1.807) is 0 Å². The first-order valence-corrected chi connectivity index (χ1v) is 6.71. The van der Waals surface area contributed by atoms with Crippen molar-refractivity contribution in [2.45, 2.75) is 26.2 Å². The smallest absolute Gasteiger partial charge is 0.192 e. The summed E-state index contributed by atoms with van der Waals surface area (Å²) in [6, 6.07) is 6.21. The predicted octanol–water partition coefficient (Wildman–Crippen LogP) is 3.24. The molecule has 0 amide bonds. The summed E-state index contributed by atoms with van der Waals surface area (Å²) in [6.45, 7) is 8.01. The summed E-state index contributed by atoms with van der Waals surface area (Å²) in [6.07, 6.45) is 0. The van der Waals surface area contributed by atoms with E-state index in [1.165, 1.54) is 5.56 Å². The molecule has 0 fully saturated rings. The second-order valence-corrected chi connectivity index (χ2v) is 5.54. The van der Waals surface area contributed by atoms with Crippen LogP contribution in [0.4, 0.5) is 0 Å². The van der Waals surface area contributed by atoms with Crippen LogP contribution in [0, 0.1) is 6.92 Å². The van der Waals surface area contributed by atoms with Crippen LogP contribution >= 0.6 is 11.6 Å². The van der Waals surface area contributed by atoms with Crippen molar-refractivity contribution in [2.24, 2.45) is 0 Å². The Morgan fingerprint density at radius 1 is 1.39 bits per heavy atom. The second-order valence-electron chi connectivity index (χ2n) is 5.17. The van der Waals surface area contributed by atoms with Crippen molar-refractivity contribution in [3.63, 3.8) is 0 Å². The molecular weight excluding hydrogens is 248 g/mol. The lowest BCUT2D eigenvalue weighted by molar-refractivity contribution is 0.478. The maximum Gasteiger partial charge on any atom is 0.192 e. The van der Waals surface area contributed by atoms with Crippen LogP contribution in [0.5, 0.6) is 0 Å². The third-order valence-electron chi connectivity index (χ3n) is 3.11. The van der Waals surface area contributed by atoms with Gasteiger partial charge < -0.3 is 9.73 Å². The number of aryl methyl sites for hydroxylation is 1. The molecule has 0 saturated carbocycles. The van der Waals surface area contributed by atoms with E-state index in [0.717, 1.165) is 24.2 Å². The van der Waals surface area contributed by atoms with Gasteiger partial charge in [0, 0.05) is 31.3 Å². The van der Waals surface area contributed by atoms with Gasteiger partial charge in [-0.3, -0.25) is 0 Å². The minimum atomic E-state index is 0.0487. The van der Waals surface area contributed by atoms with Crippen LogP contribution in [-0.4, -0.2) is 24.0 Å². The summed E-state index contributed by atoms with van der Waals surface area (Å²) in [5.74, 6) is 1.35. The van der Waals surface area contributed by atoms with Crippen molar-refractivity contribution >= 4 is 22.7 Å².